The van der Waals surface area contributed by atoms with Crippen LogP contribution in [0, 0.1) is 17.0 Å². The standard InChI is InChI=1S/C23H23N3O3/c1-3-18-9-4-5-11-21(18)24-15-17-8-6-10-19(14-17)23(27)25-20-12-7-13-22(16(20)2)26(28)29/h4-14,24H,3,15H2,1-2H3,(H,25,27). The Bertz CT molecular complexity index is 1050. The van der Waals surface area contributed by atoms with E-state index in [9.17, 15) is 14.9 Å². The molecular formula is C23H23N3O3. The number of carbonyl (C=O) groups excluding carboxylic acids is 1. The maximum atomic E-state index is 12.7. The van der Waals surface area contributed by atoms with Crippen LogP contribution in [0.15, 0.2) is 66.7 Å². The quantitative estimate of drug-likeness (QED) is 0.422. The lowest BCUT2D eigenvalue weighted by molar-refractivity contribution is -0.385. The van der Waals surface area contributed by atoms with Gasteiger partial charge in [0.05, 0.1) is 16.2 Å². The first-order chi connectivity index (χ1) is 14.0. The van der Waals surface area contributed by atoms with Gasteiger partial charge in [0.15, 0.2) is 0 Å². The number of nitro groups is 1. The third kappa shape index (κ3) is 4.79. The van der Waals surface area contributed by atoms with Gasteiger partial charge in [-0.3, -0.25) is 14.9 Å². The molecule has 2 N–H and O–H groups in total. The molecule has 1 amide bonds. The SMILES string of the molecule is CCc1ccccc1NCc1cccc(C(=O)Nc2cccc([N+](=O)[O-])c2C)c1. The van der Waals surface area contributed by atoms with Gasteiger partial charge in [0.1, 0.15) is 0 Å². The Hall–Kier alpha value is -3.67. The van der Waals surface area contributed by atoms with Crippen molar-refractivity contribution in [1.29, 1.82) is 0 Å². The van der Waals surface area contributed by atoms with Crippen LogP contribution >= 0.6 is 0 Å². The van der Waals surface area contributed by atoms with Gasteiger partial charge >= 0.3 is 0 Å². The molecule has 29 heavy (non-hydrogen) atoms. The second-order valence-corrected chi connectivity index (χ2v) is 6.73. The van der Waals surface area contributed by atoms with E-state index >= 15 is 0 Å². The largest absolute Gasteiger partial charge is 0.381 e. The van der Waals surface area contributed by atoms with E-state index in [-0.39, 0.29) is 11.6 Å². The van der Waals surface area contributed by atoms with Gasteiger partial charge in [0.25, 0.3) is 11.6 Å². The molecule has 0 bridgehead atoms. The summed E-state index contributed by atoms with van der Waals surface area (Å²) in [5, 5.41) is 17.3. The van der Waals surface area contributed by atoms with Crippen LogP contribution in [-0.4, -0.2) is 10.8 Å². The summed E-state index contributed by atoms with van der Waals surface area (Å²) < 4.78 is 0. The van der Waals surface area contributed by atoms with Crippen LogP contribution in [0.25, 0.3) is 0 Å². The van der Waals surface area contributed by atoms with Gasteiger partial charge in [-0.1, -0.05) is 43.3 Å². The smallest absolute Gasteiger partial charge is 0.274 e. The molecule has 148 valence electrons. The number of aryl methyl sites for hydroxylation is 1. The summed E-state index contributed by atoms with van der Waals surface area (Å²) in [5.41, 5.74) is 4.64. The highest BCUT2D eigenvalue weighted by Gasteiger charge is 2.15. The molecule has 3 aromatic rings. The van der Waals surface area contributed by atoms with Crippen molar-refractivity contribution in [3.05, 3.63) is 99.1 Å². The summed E-state index contributed by atoms with van der Waals surface area (Å²) in [4.78, 5) is 23.3. The second-order valence-electron chi connectivity index (χ2n) is 6.73. The van der Waals surface area contributed by atoms with Crippen molar-refractivity contribution in [2.75, 3.05) is 10.6 Å². The minimum Gasteiger partial charge on any atom is -0.381 e. The molecule has 6 nitrogen and oxygen atoms in total. The lowest BCUT2D eigenvalue weighted by atomic mass is 10.1. The number of hydrogen-bond acceptors (Lipinski definition) is 4. The van der Waals surface area contributed by atoms with Gasteiger partial charge < -0.3 is 10.6 Å². The summed E-state index contributed by atoms with van der Waals surface area (Å²) in [6, 6.07) is 20.1. The number of anilines is 2. The van der Waals surface area contributed by atoms with Crippen LogP contribution in [-0.2, 0) is 13.0 Å². The van der Waals surface area contributed by atoms with Crippen molar-refractivity contribution in [2.24, 2.45) is 0 Å². The van der Waals surface area contributed by atoms with Crippen molar-refractivity contribution >= 4 is 23.0 Å². The molecule has 0 heterocycles. The minimum absolute atomic E-state index is 0.0182. The first-order valence-corrected chi connectivity index (χ1v) is 9.45. The molecule has 0 aliphatic carbocycles. The first-order valence-electron chi connectivity index (χ1n) is 9.45. The normalized spacial score (nSPS) is 10.4. The van der Waals surface area contributed by atoms with E-state index in [1.54, 1.807) is 25.1 Å². The third-order valence-corrected chi connectivity index (χ3v) is 4.82. The fourth-order valence-electron chi connectivity index (χ4n) is 3.17. The molecule has 6 heteroatoms. The highest BCUT2D eigenvalue weighted by molar-refractivity contribution is 6.05. The van der Waals surface area contributed by atoms with Gasteiger partial charge in [-0.05, 0) is 48.7 Å². The number of hydrogen-bond donors (Lipinski definition) is 2. The van der Waals surface area contributed by atoms with Crippen molar-refractivity contribution < 1.29 is 9.72 Å². The number of nitrogens with one attached hydrogen (secondary N) is 2. The van der Waals surface area contributed by atoms with E-state index in [4.69, 9.17) is 0 Å². The molecule has 0 atom stereocenters. The Morgan fingerprint density at radius 3 is 2.48 bits per heavy atom. The molecule has 0 radical (unpaired) electrons. The van der Waals surface area contributed by atoms with Gasteiger partial charge in [-0.2, -0.15) is 0 Å². The summed E-state index contributed by atoms with van der Waals surface area (Å²) in [5.74, 6) is -0.301. The maximum Gasteiger partial charge on any atom is 0.274 e. The van der Waals surface area contributed by atoms with Crippen molar-refractivity contribution in [1.82, 2.24) is 0 Å². The molecule has 3 aromatic carbocycles. The van der Waals surface area contributed by atoms with Crippen LogP contribution in [0.3, 0.4) is 0 Å². The number of benzene rings is 3. The van der Waals surface area contributed by atoms with Crippen LogP contribution < -0.4 is 10.6 Å². The molecule has 0 aliphatic heterocycles. The van der Waals surface area contributed by atoms with Crippen molar-refractivity contribution in [2.45, 2.75) is 26.8 Å². The van der Waals surface area contributed by atoms with E-state index in [0.717, 1.165) is 17.7 Å². The fraction of sp³-hybridized carbons (Fsp3) is 0.174. The van der Waals surface area contributed by atoms with E-state index in [1.165, 1.54) is 11.6 Å². The summed E-state index contributed by atoms with van der Waals surface area (Å²) in [6.45, 7) is 4.33. The second kappa shape index (κ2) is 9.01. The zero-order chi connectivity index (χ0) is 20.8. The lowest BCUT2D eigenvalue weighted by Crippen LogP contribution is -2.14. The van der Waals surface area contributed by atoms with Crippen molar-refractivity contribution in [3.8, 4) is 0 Å². The summed E-state index contributed by atoms with van der Waals surface area (Å²) in [6.07, 6.45) is 0.939. The number of para-hydroxylation sites is 1. The summed E-state index contributed by atoms with van der Waals surface area (Å²) in [7, 11) is 0. The Morgan fingerprint density at radius 1 is 1.00 bits per heavy atom. The average Bonchev–Trinajstić information content (AvgIpc) is 2.73. The van der Waals surface area contributed by atoms with Gasteiger partial charge in [0.2, 0.25) is 0 Å². The Labute approximate surface area is 169 Å². The van der Waals surface area contributed by atoms with Crippen LogP contribution in [0.1, 0.15) is 34.0 Å². The molecule has 0 aliphatic rings. The van der Waals surface area contributed by atoms with Crippen LogP contribution in [0.5, 0.6) is 0 Å². The molecule has 0 unspecified atom stereocenters. The van der Waals surface area contributed by atoms with Gasteiger partial charge in [-0.25, -0.2) is 0 Å². The fourth-order valence-corrected chi connectivity index (χ4v) is 3.17. The highest BCUT2D eigenvalue weighted by Crippen LogP contribution is 2.25. The zero-order valence-corrected chi connectivity index (χ0v) is 16.4. The molecule has 3 rings (SSSR count). The molecule has 0 aromatic heterocycles. The molecule has 0 saturated heterocycles. The van der Waals surface area contributed by atoms with E-state index in [0.29, 0.717) is 23.4 Å². The Morgan fingerprint density at radius 2 is 1.72 bits per heavy atom. The zero-order valence-electron chi connectivity index (χ0n) is 16.4. The lowest BCUT2D eigenvalue weighted by Gasteiger charge is -2.12. The third-order valence-electron chi connectivity index (χ3n) is 4.82. The number of amides is 1. The van der Waals surface area contributed by atoms with Crippen LogP contribution in [0.2, 0.25) is 0 Å². The molecule has 0 spiro atoms. The van der Waals surface area contributed by atoms with Gasteiger partial charge in [0, 0.05) is 23.9 Å². The maximum absolute atomic E-state index is 12.7. The van der Waals surface area contributed by atoms with Gasteiger partial charge in [-0.15, -0.1) is 0 Å². The monoisotopic (exact) mass is 389 g/mol. The molecular weight excluding hydrogens is 366 g/mol. The first kappa shape index (κ1) is 20.1. The average molecular weight is 389 g/mol. The number of rotatable bonds is 7. The Balaban J connectivity index is 1.73. The minimum atomic E-state index is -0.453. The Kier molecular flexibility index (Phi) is 6.24. The van der Waals surface area contributed by atoms with Crippen LogP contribution in [0.4, 0.5) is 17.1 Å². The number of nitro benzene ring substituents is 1. The van der Waals surface area contributed by atoms with E-state index in [2.05, 4.69) is 23.6 Å². The van der Waals surface area contributed by atoms with E-state index in [1.807, 2.05) is 36.4 Å². The highest BCUT2D eigenvalue weighted by atomic mass is 16.6. The number of nitrogens with zero attached hydrogens (tertiary/aromatic N) is 1. The molecule has 0 saturated carbocycles. The topological polar surface area (TPSA) is 84.3 Å². The number of carbonyl (C=O) groups is 1. The predicted octanol–water partition coefficient (Wildman–Crippen LogP) is 5.33. The van der Waals surface area contributed by atoms with E-state index < -0.39 is 4.92 Å². The predicted molar refractivity (Wildman–Crippen MR) is 115 cm³/mol. The van der Waals surface area contributed by atoms with Crippen molar-refractivity contribution in [3.63, 3.8) is 0 Å². The molecule has 0 fully saturated rings. The summed E-state index contributed by atoms with van der Waals surface area (Å²) >= 11 is 0.